The minimum absolute atomic E-state index is 0.160. The standard InChI is InChI=1S/C14H20N4OS/c1-10-9-20-13(17-10)8-15-7-11-4-6-19-14(11)12-3-5-16-18(12)2/h3,5,9,11,14-15H,4,6-8H2,1-2H3/t11-,14+/m0/s1. The Hall–Kier alpha value is -1.24. The van der Waals surface area contributed by atoms with Gasteiger partial charge in [0.1, 0.15) is 11.1 Å². The molecule has 1 aliphatic heterocycles. The highest BCUT2D eigenvalue weighted by Crippen LogP contribution is 2.33. The van der Waals surface area contributed by atoms with Crippen LogP contribution in [0.15, 0.2) is 17.6 Å². The molecule has 0 amide bonds. The van der Waals surface area contributed by atoms with Gasteiger partial charge >= 0.3 is 0 Å². The lowest BCUT2D eigenvalue weighted by Crippen LogP contribution is -2.25. The molecule has 108 valence electrons. The van der Waals surface area contributed by atoms with E-state index in [-0.39, 0.29) is 6.10 Å². The summed E-state index contributed by atoms with van der Waals surface area (Å²) in [5.41, 5.74) is 2.27. The number of aromatic nitrogens is 3. The fourth-order valence-electron chi connectivity index (χ4n) is 2.68. The minimum atomic E-state index is 0.160. The highest BCUT2D eigenvalue weighted by atomic mass is 32.1. The lowest BCUT2D eigenvalue weighted by atomic mass is 9.99. The molecule has 6 heteroatoms. The third kappa shape index (κ3) is 2.92. The number of hydrogen-bond acceptors (Lipinski definition) is 5. The fourth-order valence-corrected chi connectivity index (χ4v) is 3.42. The van der Waals surface area contributed by atoms with Gasteiger partial charge in [-0.3, -0.25) is 4.68 Å². The largest absolute Gasteiger partial charge is 0.372 e. The molecule has 1 aliphatic rings. The smallest absolute Gasteiger partial charge is 0.107 e. The Labute approximate surface area is 123 Å². The second kappa shape index (κ2) is 6.03. The zero-order valence-corrected chi connectivity index (χ0v) is 12.7. The van der Waals surface area contributed by atoms with Crippen molar-refractivity contribution in [2.24, 2.45) is 13.0 Å². The Morgan fingerprint density at radius 1 is 1.55 bits per heavy atom. The maximum atomic E-state index is 5.88. The number of nitrogens with one attached hydrogen (secondary N) is 1. The Bertz CT molecular complexity index is 565. The summed E-state index contributed by atoms with van der Waals surface area (Å²) < 4.78 is 7.79. The van der Waals surface area contributed by atoms with Crippen molar-refractivity contribution in [3.63, 3.8) is 0 Å². The van der Waals surface area contributed by atoms with E-state index in [1.807, 2.05) is 30.9 Å². The second-order valence-electron chi connectivity index (χ2n) is 5.23. The van der Waals surface area contributed by atoms with Crippen molar-refractivity contribution in [1.82, 2.24) is 20.1 Å². The Kier molecular flexibility index (Phi) is 4.14. The van der Waals surface area contributed by atoms with Crippen molar-refractivity contribution in [1.29, 1.82) is 0 Å². The van der Waals surface area contributed by atoms with Crippen LogP contribution in [-0.2, 0) is 18.3 Å². The second-order valence-corrected chi connectivity index (χ2v) is 6.18. The third-order valence-corrected chi connectivity index (χ3v) is 4.68. The van der Waals surface area contributed by atoms with Crippen LogP contribution in [0.5, 0.6) is 0 Å². The maximum Gasteiger partial charge on any atom is 0.107 e. The van der Waals surface area contributed by atoms with Gasteiger partial charge in [-0.15, -0.1) is 11.3 Å². The SMILES string of the molecule is Cc1csc(CNC[C@@H]2CCO[C@H]2c2ccnn2C)n1. The molecule has 2 aromatic rings. The van der Waals surface area contributed by atoms with Gasteiger partial charge in [0.05, 0.1) is 5.69 Å². The Morgan fingerprint density at radius 2 is 2.45 bits per heavy atom. The predicted molar refractivity (Wildman–Crippen MR) is 78.6 cm³/mol. The zero-order valence-electron chi connectivity index (χ0n) is 11.9. The van der Waals surface area contributed by atoms with Crippen LogP contribution in [0.2, 0.25) is 0 Å². The first-order valence-electron chi connectivity index (χ1n) is 6.95. The van der Waals surface area contributed by atoms with Gasteiger partial charge in [-0.1, -0.05) is 0 Å². The molecule has 0 unspecified atom stereocenters. The molecule has 5 nitrogen and oxygen atoms in total. The van der Waals surface area contributed by atoms with Crippen LogP contribution in [0, 0.1) is 12.8 Å². The molecule has 2 aromatic heterocycles. The summed E-state index contributed by atoms with van der Waals surface area (Å²) in [5.74, 6) is 0.506. The van der Waals surface area contributed by atoms with Gasteiger partial charge in [-0.25, -0.2) is 4.98 Å². The van der Waals surface area contributed by atoms with Gasteiger partial charge in [0.2, 0.25) is 0 Å². The average Bonchev–Trinajstić information content (AvgIpc) is 3.12. The predicted octanol–water partition coefficient (Wildman–Crippen LogP) is 2.05. The molecule has 0 saturated carbocycles. The number of hydrogen-bond donors (Lipinski definition) is 1. The molecule has 0 aromatic carbocycles. The highest BCUT2D eigenvalue weighted by molar-refractivity contribution is 7.09. The highest BCUT2D eigenvalue weighted by Gasteiger charge is 2.31. The summed E-state index contributed by atoms with van der Waals surface area (Å²) >= 11 is 1.71. The quantitative estimate of drug-likeness (QED) is 0.916. The van der Waals surface area contributed by atoms with Gasteiger partial charge < -0.3 is 10.1 Å². The van der Waals surface area contributed by atoms with E-state index in [1.165, 1.54) is 5.69 Å². The van der Waals surface area contributed by atoms with Gasteiger partial charge in [0.15, 0.2) is 0 Å². The molecule has 1 saturated heterocycles. The average molecular weight is 292 g/mol. The molecule has 3 heterocycles. The first-order chi connectivity index (χ1) is 9.74. The summed E-state index contributed by atoms with van der Waals surface area (Å²) in [6.45, 7) is 4.66. The molecular weight excluding hydrogens is 272 g/mol. The molecule has 1 N–H and O–H groups in total. The van der Waals surface area contributed by atoms with Crippen molar-refractivity contribution < 1.29 is 4.74 Å². The number of aryl methyl sites for hydroxylation is 2. The van der Waals surface area contributed by atoms with Crippen LogP contribution in [0.25, 0.3) is 0 Å². The van der Waals surface area contributed by atoms with Crippen LogP contribution in [-0.4, -0.2) is 27.9 Å². The molecule has 1 fully saturated rings. The van der Waals surface area contributed by atoms with E-state index >= 15 is 0 Å². The van der Waals surface area contributed by atoms with Crippen LogP contribution >= 0.6 is 11.3 Å². The maximum absolute atomic E-state index is 5.88. The van der Waals surface area contributed by atoms with Gasteiger partial charge in [-0.05, 0) is 19.4 Å². The van der Waals surface area contributed by atoms with E-state index < -0.39 is 0 Å². The molecule has 0 bridgehead atoms. The van der Waals surface area contributed by atoms with Crippen LogP contribution in [0.3, 0.4) is 0 Å². The van der Waals surface area contributed by atoms with Crippen LogP contribution in [0.4, 0.5) is 0 Å². The summed E-state index contributed by atoms with van der Waals surface area (Å²) in [7, 11) is 1.97. The molecule has 0 aliphatic carbocycles. The number of ether oxygens (including phenoxy) is 1. The van der Waals surface area contributed by atoms with Gasteiger partial charge in [0, 0.05) is 49.9 Å². The van der Waals surface area contributed by atoms with E-state index in [9.17, 15) is 0 Å². The van der Waals surface area contributed by atoms with Gasteiger partial charge in [0.25, 0.3) is 0 Å². The van der Waals surface area contributed by atoms with E-state index in [0.29, 0.717) is 5.92 Å². The van der Waals surface area contributed by atoms with E-state index in [0.717, 1.165) is 36.8 Å². The summed E-state index contributed by atoms with van der Waals surface area (Å²) in [5, 5.41) is 11.0. The molecular formula is C14H20N4OS. The molecule has 2 atom stereocenters. The molecule has 20 heavy (non-hydrogen) atoms. The van der Waals surface area contributed by atoms with E-state index in [2.05, 4.69) is 20.8 Å². The normalized spacial score (nSPS) is 22.5. The minimum Gasteiger partial charge on any atom is -0.372 e. The van der Waals surface area contributed by atoms with Crippen LogP contribution < -0.4 is 5.32 Å². The lowest BCUT2D eigenvalue weighted by molar-refractivity contribution is 0.0838. The van der Waals surface area contributed by atoms with Crippen molar-refractivity contribution in [3.8, 4) is 0 Å². The van der Waals surface area contributed by atoms with Crippen molar-refractivity contribution in [2.75, 3.05) is 13.2 Å². The number of rotatable bonds is 5. The summed E-state index contributed by atoms with van der Waals surface area (Å²) in [6.07, 6.45) is 3.09. The van der Waals surface area contributed by atoms with Crippen molar-refractivity contribution in [3.05, 3.63) is 34.0 Å². The van der Waals surface area contributed by atoms with Crippen LogP contribution in [0.1, 0.15) is 28.9 Å². The van der Waals surface area contributed by atoms with E-state index in [4.69, 9.17) is 4.74 Å². The monoisotopic (exact) mass is 292 g/mol. The number of thiazole rings is 1. The lowest BCUT2D eigenvalue weighted by Gasteiger charge is -2.19. The molecule has 3 rings (SSSR count). The zero-order chi connectivity index (χ0) is 13.9. The van der Waals surface area contributed by atoms with Gasteiger partial charge in [-0.2, -0.15) is 5.10 Å². The van der Waals surface area contributed by atoms with Crippen molar-refractivity contribution >= 4 is 11.3 Å². The Balaban J connectivity index is 1.55. The summed E-state index contributed by atoms with van der Waals surface area (Å²) in [6, 6.07) is 2.05. The summed E-state index contributed by atoms with van der Waals surface area (Å²) in [4.78, 5) is 4.47. The fraction of sp³-hybridized carbons (Fsp3) is 0.571. The first kappa shape index (κ1) is 13.7. The molecule has 0 radical (unpaired) electrons. The molecule has 0 spiro atoms. The number of nitrogens with zero attached hydrogens (tertiary/aromatic N) is 3. The first-order valence-corrected chi connectivity index (χ1v) is 7.83. The third-order valence-electron chi connectivity index (χ3n) is 3.71. The Morgan fingerprint density at radius 3 is 3.15 bits per heavy atom. The topological polar surface area (TPSA) is 52.0 Å². The van der Waals surface area contributed by atoms with E-state index in [1.54, 1.807) is 11.3 Å². The van der Waals surface area contributed by atoms with Crippen molar-refractivity contribution in [2.45, 2.75) is 26.0 Å².